The van der Waals surface area contributed by atoms with Gasteiger partial charge in [-0.05, 0) is 18.2 Å². The summed E-state index contributed by atoms with van der Waals surface area (Å²) in [6, 6.07) is 7.48. The van der Waals surface area contributed by atoms with E-state index >= 15 is 4.39 Å². The zero-order valence-electron chi connectivity index (χ0n) is 15.8. The third-order valence-corrected chi connectivity index (χ3v) is 4.95. The molecule has 0 saturated carbocycles. The Labute approximate surface area is 173 Å². The summed E-state index contributed by atoms with van der Waals surface area (Å²) in [5.41, 5.74) is 4.16. The van der Waals surface area contributed by atoms with Crippen LogP contribution in [0.1, 0.15) is 0 Å². The highest BCUT2D eigenvalue weighted by Crippen LogP contribution is 2.33. The summed E-state index contributed by atoms with van der Waals surface area (Å²) in [5, 5.41) is 7.26. The quantitative estimate of drug-likeness (QED) is 0.458. The molecule has 0 atom stereocenters. The predicted molar refractivity (Wildman–Crippen MR) is 111 cm³/mol. The molecule has 0 aromatic carbocycles. The lowest BCUT2D eigenvalue weighted by Crippen LogP contribution is -1.92. The highest BCUT2D eigenvalue weighted by molar-refractivity contribution is 5.96. The monoisotopic (exact) mass is 409 g/mol. The van der Waals surface area contributed by atoms with Gasteiger partial charge in [-0.2, -0.15) is 5.10 Å². The van der Waals surface area contributed by atoms with Gasteiger partial charge >= 0.3 is 0 Å². The number of nitrogens with zero attached hydrogens (tertiary/aromatic N) is 7. The fourth-order valence-electron chi connectivity index (χ4n) is 3.52. The Morgan fingerprint density at radius 3 is 2.58 bits per heavy atom. The predicted octanol–water partition coefficient (Wildman–Crippen LogP) is 3.55. The molecule has 0 fully saturated rings. The van der Waals surface area contributed by atoms with E-state index in [1.807, 2.05) is 24.3 Å². The van der Waals surface area contributed by atoms with Crippen LogP contribution < -0.4 is 0 Å². The Bertz CT molecular complexity index is 1540. The molecule has 10 heteroatoms. The van der Waals surface area contributed by atoms with Gasteiger partial charge in [0, 0.05) is 47.7 Å². The molecule has 0 aliphatic carbocycles. The number of pyridine rings is 3. The first-order chi connectivity index (χ1) is 15.3. The van der Waals surface area contributed by atoms with Crippen LogP contribution in [0.15, 0.2) is 61.6 Å². The SMILES string of the molecule is Fc1c(-c2cncnc2)cnc2[nH]nc(-c3nc4c(-c5ccccn5)ccnc4[nH]3)c12. The molecule has 0 amide bonds. The molecule has 0 radical (unpaired) electrons. The fraction of sp³-hybridized carbons (Fsp3) is 0. The third kappa shape index (κ3) is 2.73. The molecule has 0 saturated heterocycles. The van der Waals surface area contributed by atoms with Crippen LogP contribution in [0.3, 0.4) is 0 Å². The molecule has 31 heavy (non-hydrogen) atoms. The normalized spacial score (nSPS) is 11.4. The van der Waals surface area contributed by atoms with Crippen LogP contribution in [-0.2, 0) is 0 Å². The molecule has 6 aromatic rings. The maximum atomic E-state index is 15.5. The summed E-state index contributed by atoms with van der Waals surface area (Å²) in [5.74, 6) is -0.110. The van der Waals surface area contributed by atoms with Crippen molar-refractivity contribution in [2.24, 2.45) is 0 Å². The third-order valence-electron chi connectivity index (χ3n) is 4.95. The van der Waals surface area contributed by atoms with Crippen LogP contribution in [0, 0.1) is 5.82 Å². The van der Waals surface area contributed by atoms with Crippen molar-refractivity contribution in [3.63, 3.8) is 0 Å². The summed E-state index contributed by atoms with van der Waals surface area (Å²) < 4.78 is 15.5. The van der Waals surface area contributed by atoms with Crippen LogP contribution in [0.25, 0.3) is 56.1 Å². The fourth-order valence-corrected chi connectivity index (χ4v) is 3.52. The van der Waals surface area contributed by atoms with E-state index in [1.54, 1.807) is 12.4 Å². The number of rotatable bonds is 3. The first-order valence-electron chi connectivity index (χ1n) is 9.34. The summed E-state index contributed by atoms with van der Waals surface area (Å²) in [4.78, 5) is 28.8. The van der Waals surface area contributed by atoms with Crippen molar-refractivity contribution in [1.82, 2.24) is 45.1 Å². The molecule has 0 unspecified atom stereocenters. The van der Waals surface area contributed by atoms with Crippen LogP contribution >= 0.6 is 0 Å². The van der Waals surface area contributed by atoms with Gasteiger partial charge in [0.25, 0.3) is 0 Å². The molecule has 0 bridgehead atoms. The number of imidazole rings is 1. The van der Waals surface area contributed by atoms with Crippen molar-refractivity contribution in [2.75, 3.05) is 0 Å². The molecular formula is C21H12FN9. The van der Waals surface area contributed by atoms with Crippen LogP contribution in [0.4, 0.5) is 4.39 Å². The minimum absolute atomic E-state index is 0.222. The lowest BCUT2D eigenvalue weighted by atomic mass is 10.1. The van der Waals surface area contributed by atoms with Gasteiger partial charge in [0.05, 0.1) is 11.1 Å². The zero-order chi connectivity index (χ0) is 20.8. The van der Waals surface area contributed by atoms with Crippen LogP contribution in [0.2, 0.25) is 0 Å². The van der Waals surface area contributed by atoms with Crippen molar-refractivity contribution in [1.29, 1.82) is 0 Å². The maximum absolute atomic E-state index is 15.5. The Morgan fingerprint density at radius 2 is 1.74 bits per heavy atom. The minimum Gasteiger partial charge on any atom is -0.321 e. The molecule has 2 N–H and O–H groups in total. The lowest BCUT2D eigenvalue weighted by molar-refractivity contribution is 0.642. The van der Waals surface area contributed by atoms with Crippen molar-refractivity contribution in [3.05, 3.63) is 67.4 Å². The molecule has 6 rings (SSSR count). The smallest absolute Gasteiger partial charge is 0.161 e. The molecule has 0 aliphatic rings. The second-order valence-electron chi connectivity index (χ2n) is 6.76. The molecule has 6 aromatic heterocycles. The second kappa shape index (κ2) is 6.73. The number of H-pyrrole nitrogens is 2. The van der Waals surface area contributed by atoms with Gasteiger partial charge in [-0.15, -0.1) is 0 Å². The first-order valence-corrected chi connectivity index (χ1v) is 9.34. The van der Waals surface area contributed by atoms with Gasteiger partial charge in [-0.1, -0.05) is 6.07 Å². The Hall–Kier alpha value is -4.60. The van der Waals surface area contributed by atoms with E-state index in [4.69, 9.17) is 0 Å². The number of fused-ring (bicyclic) bond motifs is 2. The topological polar surface area (TPSA) is 122 Å². The van der Waals surface area contributed by atoms with E-state index < -0.39 is 5.82 Å². The van der Waals surface area contributed by atoms with E-state index in [9.17, 15) is 0 Å². The molecule has 9 nitrogen and oxygen atoms in total. The molecular weight excluding hydrogens is 397 g/mol. The van der Waals surface area contributed by atoms with E-state index in [-0.39, 0.29) is 10.9 Å². The standard InChI is InChI=1S/C21H12FN9/c22-16-13(11-7-23-10-24-8-11)9-27-19-15(16)18(30-31-19)21-28-17-12(4-6-26-20(17)29-21)14-3-1-2-5-25-14/h1-10H,(H,26,28,29)(H,27,30,31). The summed E-state index contributed by atoms with van der Waals surface area (Å²) >= 11 is 0. The minimum atomic E-state index is -0.484. The second-order valence-corrected chi connectivity index (χ2v) is 6.76. The molecule has 6 heterocycles. The Morgan fingerprint density at radius 1 is 0.839 bits per heavy atom. The number of hydrogen-bond acceptors (Lipinski definition) is 7. The average molecular weight is 409 g/mol. The van der Waals surface area contributed by atoms with Crippen molar-refractivity contribution in [2.45, 2.75) is 0 Å². The summed E-state index contributed by atoms with van der Waals surface area (Å²) in [6.45, 7) is 0. The van der Waals surface area contributed by atoms with E-state index in [2.05, 4.69) is 45.1 Å². The van der Waals surface area contributed by atoms with Gasteiger partial charge in [0.1, 0.15) is 23.4 Å². The highest BCUT2D eigenvalue weighted by Gasteiger charge is 2.21. The Balaban J connectivity index is 1.56. The lowest BCUT2D eigenvalue weighted by Gasteiger charge is -2.03. The summed E-state index contributed by atoms with van der Waals surface area (Å²) in [7, 11) is 0. The number of aromatic amines is 2. The van der Waals surface area contributed by atoms with E-state index in [1.165, 1.54) is 24.9 Å². The molecule has 0 aliphatic heterocycles. The number of hydrogen-bond donors (Lipinski definition) is 2. The van der Waals surface area contributed by atoms with Gasteiger partial charge in [0.15, 0.2) is 17.1 Å². The van der Waals surface area contributed by atoms with Crippen LogP contribution in [-0.4, -0.2) is 45.1 Å². The maximum Gasteiger partial charge on any atom is 0.161 e. The van der Waals surface area contributed by atoms with Gasteiger partial charge in [-0.25, -0.2) is 29.3 Å². The number of halogens is 1. The van der Waals surface area contributed by atoms with E-state index in [0.717, 1.165) is 11.3 Å². The Kier molecular flexibility index (Phi) is 3.75. The first kappa shape index (κ1) is 17.3. The molecule has 0 spiro atoms. The van der Waals surface area contributed by atoms with Crippen LogP contribution in [0.5, 0.6) is 0 Å². The number of aromatic nitrogens is 9. The molecule has 148 valence electrons. The summed E-state index contributed by atoms with van der Waals surface area (Å²) in [6.07, 6.45) is 9.26. The van der Waals surface area contributed by atoms with E-state index in [0.29, 0.717) is 33.9 Å². The van der Waals surface area contributed by atoms with Crippen molar-refractivity contribution in [3.8, 4) is 33.9 Å². The van der Waals surface area contributed by atoms with Gasteiger partial charge in [0.2, 0.25) is 0 Å². The van der Waals surface area contributed by atoms with Gasteiger partial charge < -0.3 is 4.98 Å². The van der Waals surface area contributed by atoms with Crippen molar-refractivity contribution < 1.29 is 4.39 Å². The largest absolute Gasteiger partial charge is 0.321 e. The number of nitrogens with one attached hydrogen (secondary N) is 2. The average Bonchev–Trinajstić information content (AvgIpc) is 3.45. The highest BCUT2D eigenvalue weighted by atomic mass is 19.1. The zero-order valence-corrected chi connectivity index (χ0v) is 15.8. The van der Waals surface area contributed by atoms with Crippen molar-refractivity contribution >= 4 is 22.2 Å². The van der Waals surface area contributed by atoms with Gasteiger partial charge in [-0.3, -0.25) is 10.1 Å².